The van der Waals surface area contributed by atoms with Gasteiger partial charge in [-0.3, -0.25) is 0 Å². The molecule has 1 unspecified atom stereocenters. The fraction of sp³-hybridized carbons (Fsp3) is 0.600. The Kier molecular flexibility index (Phi) is 3.37. The Hall–Kier alpha value is -0.730. The molecule has 1 aromatic rings. The molecule has 1 aliphatic rings. The quantitative estimate of drug-likeness (QED) is 0.808. The van der Waals surface area contributed by atoms with Gasteiger partial charge in [0.2, 0.25) is 0 Å². The molecule has 2 nitrogen and oxygen atoms in total. The van der Waals surface area contributed by atoms with Crippen LogP contribution in [0.4, 0.5) is 0 Å². The van der Waals surface area contributed by atoms with Gasteiger partial charge in [-0.15, -0.1) is 0 Å². The van der Waals surface area contributed by atoms with Gasteiger partial charge < -0.3 is 10.4 Å². The Labute approximate surface area is 114 Å². The topological polar surface area (TPSA) is 32.3 Å². The minimum atomic E-state index is -0.158. The summed E-state index contributed by atoms with van der Waals surface area (Å²) < 4.78 is 0. The monoisotopic (exact) mass is 267 g/mol. The fourth-order valence-corrected chi connectivity index (χ4v) is 2.93. The van der Waals surface area contributed by atoms with Crippen LogP contribution in [0.3, 0.4) is 0 Å². The molecule has 3 heteroatoms. The number of hydrogen-bond donors (Lipinski definition) is 2. The van der Waals surface area contributed by atoms with E-state index in [1.165, 1.54) is 0 Å². The largest absolute Gasteiger partial charge is 0.507 e. The van der Waals surface area contributed by atoms with Crippen LogP contribution in [-0.2, 0) is 11.0 Å². The van der Waals surface area contributed by atoms with Crippen molar-refractivity contribution in [3.8, 4) is 5.75 Å². The summed E-state index contributed by atoms with van der Waals surface area (Å²) in [4.78, 5) is 0. The number of hydrogen-bond acceptors (Lipinski definition) is 2. The van der Waals surface area contributed by atoms with Gasteiger partial charge in [0.15, 0.2) is 0 Å². The summed E-state index contributed by atoms with van der Waals surface area (Å²) in [6, 6.07) is 3.77. The van der Waals surface area contributed by atoms with Gasteiger partial charge in [0, 0.05) is 21.7 Å². The maximum Gasteiger partial charge on any atom is 0.124 e. The number of phenolic OH excluding ortho intramolecular Hbond substituents is 1. The van der Waals surface area contributed by atoms with Crippen LogP contribution >= 0.6 is 11.6 Å². The van der Waals surface area contributed by atoms with Gasteiger partial charge in [-0.05, 0) is 43.9 Å². The van der Waals surface area contributed by atoms with Crippen molar-refractivity contribution in [3.63, 3.8) is 0 Å². The van der Waals surface area contributed by atoms with Crippen LogP contribution in [0.2, 0.25) is 5.02 Å². The smallest absolute Gasteiger partial charge is 0.124 e. The van der Waals surface area contributed by atoms with Crippen molar-refractivity contribution in [2.45, 2.75) is 51.5 Å². The second kappa shape index (κ2) is 4.43. The SMILES string of the molecule is CC(C)(C)c1cc(Cl)cc(C2(C)CCCN2)c1O. The molecule has 0 aliphatic carbocycles. The first-order valence-electron chi connectivity index (χ1n) is 6.52. The zero-order chi connectivity index (χ0) is 13.6. The van der Waals surface area contributed by atoms with E-state index in [1.54, 1.807) is 0 Å². The first-order valence-corrected chi connectivity index (χ1v) is 6.90. The second-order valence-electron chi connectivity index (χ2n) is 6.46. The highest BCUT2D eigenvalue weighted by atomic mass is 35.5. The Bertz CT molecular complexity index is 456. The van der Waals surface area contributed by atoms with Crippen molar-refractivity contribution < 1.29 is 5.11 Å². The number of halogens is 1. The molecule has 0 bridgehead atoms. The summed E-state index contributed by atoms with van der Waals surface area (Å²) in [6.45, 7) is 9.40. The molecule has 1 aliphatic heterocycles. The van der Waals surface area contributed by atoms with E-state index < -0.39 is 0 Å². The lowest BCUT2D eigenvalue weighted by Gasteiger charge is -2.30. The Balaban J connectivity index is 2.58. The molecule has 1 aromatic carbocycles. The third kappa shape index (κ3) is 2.36. The Morgan fingerprint density at radius 1 is 1.33 bits per heavy atom. The van der Waals surface area contributed by atoms with Crippen molar-refractivity contribution in [1.29, 1.82) is 0 Å². The number of nitrogens with one attached hydrogen (secondary N) is 1. The zero-order valence-corrected chi connectivity index (χ0v) is 12.4. The van der Waals surface area contributed by atoms with Crippen molar-refractivity contribution in [1.82, 2.24) is 5.32 Å². The third-order valence-corrected chi connectivity index (χ3v) is 4.06. The number of aromatic hydroxyl groups is 1. The van der Waals surface area contributed by atoms with Crippen LogP contribution in [-0.4, -0.2) is 11.7 Å². The molecule has 1 atom stereocenters. The number of phenols is 1. The second-order valence-corrected chi connectivity index (χ2v) is 6.90. The summed E-state index contributed by atoms with van der Waals surface area (Å²) in [5, 5.41) is 14.8. The highest BCUT2D eigenvalue weighted by Gasteiger charge is 2.34. The zero-order valence-electron chi connectivity index (χ0n) is 11.6. The van der Waals surface area contributed by atoms with Gasteiger partial charge in [-0.1, -0.05) is 32.4 Å². The van der Waals surface area contributed by atoms with E-state index in [0.717, 1.165) is 30.5 Å². The van der Waals surface area contributed by atoms with E-state index in [9.17, 15) is 5.11 Å². The molecule has 0 amide bonds. The molecule has 0 spiro atoms. The molecular weight excluding hydrogens is 246 g/mol. The van der Waals surface area contributed by atoms with E-state index in [1.807, 2.05) is 12.1 Å². The standard InChI is InChI=1S/C15H22ClNO/c1-14(2,3)11-8-10(16)9-12(13(11)18)15(4)6-5-7-17-15/h8-9,17-18H,5-7H2,1-4H3. The maximum absolute atomic E-state index is 10.6. The van der Waals surface area contributed by atoms with E-state index in [4.69, 9.17) is 11.6 Å². The van der Waals surface area contributed by atoms with Crippen molar-refractivity contribution in [2.24, 2.45) is 0 Å². The summed E-state index contributed by atoms with van der Waals surface area (Å²) in [6.07, 6.45) is 2.16. The van der Waals surface area contributed by atoms with Gasteiger partial charge in [0.05, 0.1) is 0 Å². The van der Waals surface area contributed by atoms with Crippen LogP contribution in [0.1, 0.15) is 51.7 Å². The molecular formula is C15H22ClNO. The molecule has 2 N–H and O–H groups in total. The van der Waals surface area contributed by atoms with E-state index in [2.05, 4.69) is 33.0 Å². The highest BCUT2D eigenvalue weighted by Crippen LogP contribution is 2.42. The molecule has 100 valence electrons. The first-order chi connectivity index (χ1) is 8.24. The third-order valence-electron chi connectivity index (χ3n) is 3.85. The van der Waals surface area contributed by atoms with Crippen molar-refractivity contribution >= 4 is 11.6 Å². The molecule has 0 radical (unpaired) electrons. The van der Waals surface area contributed by atoms with Gasteiger partial charge >= 0.3 is 0 Å². The van der Waals surface area contributed by atoms with Crippen LogP contribution < -0.4 is 5.32 Å². The summed E-state index contributed by atoms with van der Waals surface area (Å²) >= 11 is 6.23. The van der Waals surface area contributed by atoms with Crippen LogP contribution in [0.5, 0.6) is 5.75 Å². The summed E-state index contributed by atoms with van der Waals surface area (Å²) in [5.74, 6) is 0.392. The lowest BCUT2D eigenvalue weighted by atomic mass is 9.81. The van der Waals surface area contributed by atoms with Gasteiger partial charge in [-0.25, -0.2) is 0 Å². The minimum absolute atomic E-state index is 0.112. The summed E-state index contributed by atoms with van der Waals surface area (Å²) in [7, 11) is 0. The van der Waals surface area contributed by atoms with Crippen molar-refractivity contribution in [2.75, 3.05) is 6.54 Å². The normalized spacial score (nSPS) is 24.5. The molecule has 0 saturated carbocycles. The molecule has 18 heavy (non-hydrogen) atoms. The summed E-state index contributed by atoms with van der Waals surface area (Å²) in [5.41, 5.74) is 1.57. The molecule has 2 rings (SSSR count). The lowest BCUT2D eigenvalue weighted by molar-refractivity contribution is 0.384. The van der Waals surface area contributed by atoms with Gasteiger partial charge in [0.1, 0.15) is 5.75 Å². The van der Waals surface area contributed by atoms with Gasteiger partial charge in [-0.2, -0.15) is 0 Å². The fourth-order valence-electron chi connectivity index (χ4n) is 2.72. The number of rotatable bonds is 1. The Morgan fingerprint density at radius 2 is 2.00 bits per heavy atom. The average molecular weight is 268 g/mol. The van der Waals surface area contributed by atoms with E-state index in [0.29, 0.717) is 10.8 Å². The van der Waals surface area contributed by atoms with Crippen molar-refractivity contribution in [3.05, 3.63) is 28.3 Å². The van der Waals surface area contributed by atoms with Crippen LogP contribution in [0.25, 0.3) is 0 Å². The maximum atomic E-state index is 10.6. The van der Waals surface area contributed by atoms with E-state index >= 15 is 0 Å². The van der Waals surface area contributed by atoms with E-state index in [-0.39, 0.29) is 11.0 Å². The van der Waals surface area contributed by atoms with Crippen LogP contribution in [0, 0.1) is 0 Å². The Morgan fingerprint density at radius 3 is 2.50 bits per heavy atom. The lowest BCUT2D eigenvalue weighted by Crippen LogP contribution is -2.33. The van der Waals surface area contributed by atoms with Gasteiger partial charge in [0.25, 0.3) is 0 Å². The first kappa shape index (κ1) is 13.7. The predicted molar refractivity (Wildman–Crippen MR) is 76.4 cm³/mol. The molecule has 1 fully saturated rings. The minimum Gasteiger partial charge on any atom is -0.507 e. The molecule has 1 heterocycles. The predicted octanol–water partition coefficient (Wildman–Crippen LogP) is 3.94. The molecule has 1 saturated heterocycles. The van der Waals surface area contributed by atoms with Crippen LogP contribution in [0.15, 0.2) is 12.1 Å². The molecule has 0 aromatic heterocycles. The average Bonchev–Trinajstić information content (AvgIpc) is 2.67. The number of benzene rings is 1. The highest BCUT2D eigenvalue weighted by molar-refractivity contribution is 6.30.